The molecule has 0 bridgehead atoms. The maximum atomic E-state index is 11.1. The van der Waals surface area contributed by atoms with Gasteiger partial charge in [-0.15, -0.1) is 0 Å². The molecule has 0 aliphatic heterocycles. The van der Waals surface area contributed by atoms with Crippen LogP contribution in [0.2, 0.25) is 0 Å². The molecule has 0 saturated carbocycles. The normalized spacial score (nSPS) is 12.0. The molecule has 1 atom stereocenters. The molecule has 1 aromatic rings. The van der Waals surface area contributed by atoms with E-state index < -0.39 is 6.09 Å². The second kappa shape index (κ2) is 5.51. The van der Waals surface area contributed by atoms with E-state index in [1.165, 1.54) is 12.6 Å². The minimum absolute atomic E-state index is 0.0665. The van der Waals surface area contributed by atoms with E-state index in [1.54, 1.807) is 6.07 Å². The Balaban J connectivity index is 2.97. The van der Waals surface area contributed by atoms with Crippen molar-refractivity contribution in [1.82, 2.24) is 5.32 Å². The van der Waals surface area contributed by atoms with Crippen molar-refractivity contribution in [2.45, 2.75) is 26.3 Å². The molecule has 1 amide bonds. The standard InChI is InChI=1S/C12H18N2O2/c1-4-9-5-6-10(16-12(15)14-3)7-11(9)8(2)13/h5-8H,4,13H2,1-3H3,(H,14,15)/t8-/m1/s1. The Morgan fingerprint density at radius 1 is 1.56 bits per heavy atom. The predicted octanol–water partition coefficient (Wildman–Crippen LogP) is 1.99. The number of amides is 1. The Morgan fingerprint density at radius 3 is 2.75 bits per heavy atom. The number of carbonyl (C=O) groups is 1. The summed E-state index contributed by atoms with van der Waals surface area (Å²) in [5.74, 6) is 0.517. The van der Waals surface area contributed by atoms with E-state index in [4.69, 9.17) is 10.5 Å². The summed E-state index contributed by atoms with van der Waals surface area (Å²) in [7, 11) is 1.52. The van der Waals surface area contributed by atoms with Crippen LogP contribution in [-0.2, 0) is 6.42 Å². The van der Waals surface area contributed by atoms with Gasteiger partial charge in [0.05, 0.1) is 0 Å². The van der Waals surface area contributed by atoms with Crippen molar-refractivity contribution in [2.75, 3.05) is 7.05 Å². The summed E-state index contributed by atoms with van der Waals surface area (Å²) in [6.45, 7) is 3.98. The predicted molar refractivity (Wildman–Crippen MR) is 63.5 cm³/mol. The molecule has 0 spiro atoms. The van der Waals surface area contributed by atoms with Crippen molar-refractivity contribution in [3.8, 4) is 5.75 Å². The Morgan fingerprint density at radius 2 is 2.25 bits per heavy atom. The van der Waals surface area contributed by atoms with Crippen LogP contribution in [0.5, 0.6) is 5.75 Å². The van der Waals surface area contributed by atoms with E-state index >= 15 is 0 Å². The van der Waals surface area contributed by atoms with Gasteiger partial charge in [0.1, 0.15) is 5.75 Å². The molecule has 0 heterocycles. The zero-order chi connectivity index (χ0) is 12.1. The number of ether oxygens (including phenoxy) is 1. The molecule has 88 valence electrons. The van der Waals surface area contributed by atoms with Crippen LogP contribution >= 0.6 is 0 Å². The van der Waals surface area contributed by atoms with Crippen LogP contribution < -0.4 is 15.8 Å². The van der Waals surface area contributed by atoms with E-state index in [2.05, 4.69) is 12.2 Å². The molecule has 0 saturated heterocycles. The summed E-state index contributed by atoms with van der Waals surface area (Å²) in [5.41, 5.74) is 8.06. The van der Waals surface area contributed by atoms with Gasteiger partial charge in [0.25, 0.3) is 0 Å². The Labute approximate surface area is 95.8 Å². The summed E-state index contributed by atoms with van der Waals surface area (Å²) in [6.07, 6.45) is 0.441. The van der Waals surface area contributed by atoms with Crippen LogP contribution in [0.1, 0.15) is 31.0 Å². The highest BCUT2D eigenvalue weighted by molar-refractivity contribution is 5.70. The van der Waals surface area contributed by atoms with E-state index in [-0.39, 0.29) is 6.04 Å². The largest absolute Gasteiger partial charge is 0.412 e. The van der Waals surface area contributed by atoms with Gasteiger partial charge < -0.3 is 15.8 Å². The lowest BCUT2D eigenvalue weighted by Crippen LogP contribution is -2.22. The topological polar surface area (TPSA) is 64.3 Å². The van der Waals surface area contributed by atoms with Gasteiger partial charge in [-0.1, -0.05) is 13.0 Å². The summed E-state index contributed by atoms with van der Waals surface area (Å²) in [5, 5.41) is 2.40. The smallest absolute Gasteiger partial charge is 0.410 e. The highest BCUT2D eigenvalue weighted by Gasteiger charge is 2.09. The number of hydrogen-bond donors (Lipinski definition) is 2. The van der Waals surface area contributed by atoms with Gasteiger partial charge >= 0.3 is 6.09 Å². The maximum Gasteiger partial charge on any atom is 0.412 e. The minimum atomic E-state index is -0.472. The monoisotopic (exact) mass is 222 g/mol. The third-order valence-electron chi connectivity index (χ3n) is 2.40. The molecule has 4 nitrogen and oxygen atoms in total. The van der Waals surface area contributed by atoms with Gasteiger partial charge in [0.15, 0.2) is 0 Å². The Kier molecular flexibility index (Phi) is 4.31. The zero-order valence-electron chi connectivity index (χ0n) is 9.91. The molecular formula is C12H18N2O2. The van der Waals surface area contributed by atoms with Crippen LogP contribution in [0.25, 0.3) is 0 Å². The average Bonchev–Trinajstić information content (AvgIpc) is 2.28. The molecule has 1 rings (SSSR count). The van der Waals surface area contributed by atoms with Crippen molar-refractivity contribution >= 4 is 6.09 Å². The van der Waals surface area contributed by atoms with Gasteiger partial charge in [-0.2, -0.15) is 0 Å². The minimum Gasteiger partial charge on any atom is -0.410 e. The molecule has 16 heavy (non-hydrogen) atoms. The molecule has 0 fully saturated rings. The fourth-order valence-electron chi connectivity index (χ4n) is 1.54. The molecule has 3 N–H and O–H groups in total. The molecule has 0 aliphatic rings. The molecular weight excluding hydrogens is 204 g/mol. The highest BCUT2D eigenvalue weighted by Crippen LogP contribution is 2.22. The lowest BCUT2D eigenvalue weighted by molar-refractivity contribution is 0.203. The first-order valence-electron chi connectivity index (χ1n) is 5.36. The van der Waals surface area contributed by atoms with Crippen LogP contribution in [0.3, 0.4) is 0 Å². The average molecular weight is 222 g/mol. The van der Waals surface area contributed by atoms with E-state index in [9.17, 15) is 4.79 Å². The third-order valence-corrected chi connectivity index (χ3v) is 2.40. The van der Waals surface area contributed by atoms with Crippen molar-refractivity contribution in [3.63, 3.8) is 0 Å². The zero-order valence-corrected chi connectivity index (χ0v) is 9.91. The molecule has 0 aromatic heterocycles. The second-order valence-corrected chi connectivity index (χ2v) is 3.64. The van der Waals surface area contributed by atoms with Gasteiger partial charge in [-0.25, -0.2) is 4.79 Å². The first kappa shape index (κ1) is 12.5. The van der Waals surface area contributed by atoms with Crippen molar-refractivity contribution in [2.24, 2.45) is 5.73 Å². The molecule has 0 unspecified atom stereocenters. The van der Waals surface area contributed by atoms with Crippen LogP contribution in [0, 0.1) is 0 Å². The molecule has 0 radical (unpaired) electrons. The van der Waals surface area contributed by atoms with Gasteiger partial charge in [0, 0.05) is 13.1 Å². The number of benzene rings is 1. The van der Waals surface area contributed by atoms with Crippen molar-refractivity contribution in [3.05, 3.63) is 29.3 Å². The number of hydrogen-bond acceptors (Lipinski definition) is 3. The molecule has 4 heteroatoms. The summed E-state index contributed by atoms with van der Waals surface area (Å²) in [6, 6.07) is 5.47. The quantitative estimate of drug-likeness (QED) is 0.822. The lowest BCUT2D eigenvalue weighted by Gasteiger charge is -2.13. The second-order valence-electron chi connectivity index (χ2n) is 3.64. The number of aryl methyl sites for hydroxylation is 1. The first-order valence-corrected chi connectivity index (χ1v) is 5.36. The van der Waals surface area contributed by atoms with Crippen molar-refractivity contribution < 1.29 is 9.53 Å². The fourth-order valence-corrected chi connectivity index (χ4v) is 1.54. The number of nitrogens with one attached hydrogen (secondary N) is 1. The van der Waals surface area contributed by atoms with Crippen molar-refractivity contribution in [1.29, 1.82) is 0 Å². The summed E-state index contributed by atoms with van der Waals surface area (Å²) < 4.78 is 5.05. The lowest BCUT2D eigenvalue weighted by atomic mass is 10.00. The highest BCUT2D eigenvalue weighted by atomic mass is 16.5. The first-order chi connectivity index (χ1) is 7.58. The maximum absolute atomic E-state index is 11.1. The summed E-state index contributed by atoms with van der Waals surface area (Å²) in [4.78, 5) is 11.1. The number of rotatable bonds is 3. The van der Waals surface area contributed by atoms with Gasteiger partial charge in [-0.3, -0.25) is 0 Å². The van der Waals surface area contributed by atoms with Gasteiger partial charge in [0.2, 0.25) is 0 Å². The van der Waals surface area contributed by atoms with E-state index in [1.807, 2.05) is 19.1 Å². The van der Waals surface area contributed by atoms with Crippen LogP contribution in [0.15, 0.2) is 18.2 Å². The number of nitrogens with two attached hydrogens (primary N) is 1. The van der Waals surface area contributed by atoms with E-state index in [0.717, 1.165) is 12.0 Å². The van der Waals surface area contributed by atoms with Crippen LogP contribution in [-0.4, -0.2) is 13.1 Å². The molecule has 0 aliphatic carbocycles. The third kappa shape index (κ3) is 2.97. The summed E-state index contributed by atoms with van der Waals surface area (Å²) >= 11 is 0. The van der Waals surface area contributed by atoms with Gasteiger partial charge in [-0.05, 0) is 36.6 Å². The van der Waals surface area contributed by atoms with E-state index in [0.29, 0.717) is 5.75 Å². The fraction of sp³-hybridized carbons (Fsp3) is 0.417. The van der Waals surface area contributed by atoms with Crippen LogP contribution in [0.4, 0.5) is 4.79 Å². The number of carbonyl (C=O) groups excluding carboxylic acids is 1. The molecule has 1 aromatic carbocycles. The Bertz CT molecular complexity index is 375. The Hall–Kier alpha value is -1.55. The SMILES string of the molecule is CCc1ccc(OC(=O)NC)cc1[C@@H](C)N.